The van der Waals surface area contributed by atoms with Gasteiger partial charge in [0.1, 0.15) is 5.82 Å². The summed E-state index contributed by atoms with van der Waals surface area (Å²) in [6.07, 6.45) is -2.26. The molecule has 1 rings (SSSR count). The van der Waals surface area contributed by atoms with Crippen LogP contribution in [-0.4, -0.2) is 29.6 Å². The number of nitrogens with zero attached hydrogens (tertiary/aromatic N) is 3. The van der Waals surface area contributed by atoms with Gasteiger partial charge in [-0.3, -0.25) is 4.57 Å². The van der Waals surface area contributed by atoms with Gasteiger partial charge in [0.05, 0.1) is 6.54 Å². The Kier molecular flexibility index (Phi) is 4.12. The maximum atomic E-state index is 12.8. The Morgan fingerprint density at radius 2 is 1.94 bits per heavy atom. The first-order valence-electron chi connectivity index (χ1n) is 4.93. The van der Waals surface area contributed by atoms with Crippen LogP contribution in [0.5, 0.6) is 0 Å². The normalized spacial score (nSPS) is 14.2. The van der Waals surface area contributed by atoms with Crippen LogP contribution in [0.3, 0.4) is 0 Å². The van der Waals surface area contributed by atoms with Crippen LogP contribution >= 0.6 is 0 Å². The Labute approximate surface area is 96.9 Å². The molecule has 9 heteroatoms. The van der Waals surface area contributed by atoms with E-state index in [0.29, 0.717) is 11.0 Å². The predicted octanol–water partition coefficient (Wildman–Crippen LogP) is 1.71. The largest absolute Gasteiger partial charge is 0.368 e. The number of rotatable bonds is 5. The summed E-state index contributed by atoms with van der Waals surface area (Å²) in [7, 11) is -5.14. The van der Waals surface area contributed by atoms with Gasteiger partial charge in [-0.1, -0.05) is 17.7 Å². The molecule has 0 spiro atoms. The van der Waals surface area contributed by atoms with Crippen LogP contribution in [-0.2, 0) is 16.8 Å². The van der Waals surface area contributed by atoms with Crippen molar-refractivity contribution in [1.29, 1.82) is 0 Å². The molecule has 0 aliphatic carbocycles. The molecule has 0 aromatic carbocycles. The Morgan fingerprint density at radius 1 is 1.35 bits per heavy atom. The maximum absolute atomic E-state index is 12.8. The van der Waals surface area contributed by atoms with Gasteiger partial charge in [0, 0.05) is 5.92 Å². The van der Waals surface area contributed by atoms with Crippen LogP contribution in [0.15, 0.2) is 5.16 Å². The van der Waals surface area contributed by atoms with Crippen LogP contribution in [0.1, 0.15) is 32.0 Å². The number of aromatic nitrogens is 3. The van der Waals surface area contributed by atoms with Crippen LogP contribution in [0, 0.1) is 0 Å². The molecular weight excluding hydrogens is 259 g/mol. The van der Waals surface area contributed by atoms with Gasteiger partial charge in [0.25, 0.3) is 11.6 Å². The third-order valence-electron chi connectivity index (χ3n) is 2.34. The zero-order valence-corrected chi connectivity index (χ0v) is 10.1. The molecule has 0 bridgehead atoms. The lowest BCUT2D eigenvalue weighted by Gasteiger charge is -2.11. The first-order chi connectivity index (χ1) is 7.77. The third kappa shape index (κ3) is 3.18. The van der Waals surface area contributed by atoms with E-state index in [9.17, 15) is 21.1 Å². The summed E-state index contributed by atoms with van der Waals surface area (Å²) in [6.45, 7) is 2.50. The van der Waals surface area contributed by atoms with Gasteiger partial charge in [-0.15, -0.1) is 10.2 Å². The highest BCUT2D eigenvalue weighted by Crippen LogP contribution is 2.21. The van der Waals surface area contributed by atoms with Crippen molar-refractivity contribution in [3.8, 4) is 0 Å². The average molecular weight is 271 g/mol. The van der Waals surface area contributed by atoms with Gasteiger partial charge in [0.2, 0.25) is 0 Å². The quantitative estimate of drug-likeness (QED) is 0.765. The van der Waals surface area contributed by atoms with E-state index in [-0.39, 0.29) is 11.7 Å². The van der Waals surface area contributed by atoms with E-state index < -0.39 is 28.3 Å². The molecule has 1 atom stereocenters. The second kappa shape index (κ2) is 5.03. The number of alkyl halides is 2. The number of hydrogen-bond donors (Lipinski definition) is 0. The van der Waals surface area contributed by atoms with Gasteiger partial charge >= 0.3 is 10.2 Å². The van der Waals surface area contributed by atoms with E-state index in [2.05, 4.69) is 10.2 Å². The fraction of sp³-hybridized carbons (Fsp3) is 0.750. The van der Waals surface area contributed by atoms with Crippen LogP contribution in [0.25, 0.3) is 0 Å². The van der Waals surface area contributed by atoms with Crippen molar-refractivity contribution < 1.29 is 21.1 Å². The molecule has 0 aliphatic rings. The SMILES string of the molecule is CCC(C)c1nnc(S(=O)(=O)F)n1CC(F)F. The van der Waals surface area contributed by atoms with E-state index in [1.54, 1.807) is 13.8 Å². The minimum Gasteiger partial charge on any atom is -0.294 e. The van der Waals surface area contributed by atoms with Crippen LogP contribution in [0.2, 0.25) is 0 Å². The minimum absolute atomic E-state index is 0.0454. The molecule has 0 amide bonds. The van der Waals surface area contributed by atoms with Crippen molar-refractivity contribution in [3.05, 3.63) is 5.82 Å². The van der Waals surface area contributed by atoms with Gasteiger partial charge in [-0.05, 0) is 6.42 Å². The fourth-order valence-electron chi connectivity index (χ4n) is 1.34. The molecule has 1 aromatic rings. The summed E-state index contributed by atoms with van der Waals surface area (Å²) in [5.41, 5.74) is 0. The Hall–Kier alpha value is -1.12. The molecule has 1 unspecified atom stereocenters. The molecule has 1 heterocycles. The van der Waals surface area contributed by atoms with E-state index in [4.69, 9.17) is 0 Å². The summed E-state index contributed by atoms with van der Waals surface area (Å²) in [6, 6.07) is 0. The molecule has 0 aliphatic heterocycles. The highest BCUT2D eigenvalue weighted by molar-refractivity contribution is 7.86. The fourth-order valence-corrected chi connectivity index (χ4v) is 1.91. The van der Waals surface area contributed by atoms with Crippen molar-refractivity contribution >= 4 is 10.2 Å². The topological polar surface area (TPSA) is 64.8 Å². The zero-order valence-electron chi connectivity index (χ0n) is 9.27. The summed E-state index contributed by atoms with van der Waals surface area (Å²) in [5.74, 6) is -0.235. The standard InChI is InChI=1S/C8H12F3N3O2S/c1-3-5(2)7-12-13-8(17(11,15)16)14(7)4-6(9)10/h5-6H,3-4H2,1-2H3. The van der Waals surface area contributed by atoms with E-state index in [1.165, 1.54) is 0 Å². The first-order valence-corrected chi connectivity index (χ1v) is 6.31. The van der Waals surface area contributed by atoms with E-state index in [1.807, 2.05) is 0 Å². The van der Waals surface area contributed by atoms with E-state index >= 15 is 0 Å². The van der Waals surface area contributed by atoms with Crippen LogP contribution in [0.4, 0.5) is 12.7 Å². The Morgan fingerprint density at radius 3 is 2.35 bits per heavy atom. The predicted molar refractivity (Wildman–Crippen MR) is 53.0 cm³/mol. The highest BCUT2D eigenvalue weighted by atomic mass is 32.3. The van der Waals surface area contributed by atoms with Crippen molar-refractivity contribution in [2.24, 2.45) is 0 Å². The van der Waals surface area contributed by atoms with Gasteiger partial charge in [-0.25, -0.2) is 8.78 Å². The number of halogens is 3. The molecule has 1 aromatic heterocycles. The summed E-state index contributed by atoms with van der Waals surface area (Å²) < 4.78 is 59.5. The van der Waals surface area contributed by atoms with E-state index in [0.717, 1.165) is 0 Å². The van der Waals surface area contributed by atoms with Gasteiger partial charge in [0.15, 0.2) is 0 Å². The monoisotopic (exact) mass is 271 g/mol. The molecule has 0 saturated heterocycles. The van der Waals surface area contributed by atoms with Gasteiger partial charge in [-0.2, -0.15) is 8.42 Å². The minimum atomic E-state index is -5.14. The summed E-state index contributed by atoms with van der Waals surface area (Å²) in [4.78, 5) is 0. The lowest BCUT2D eigenvalue weighted by Crippen LogP contribution is -2.16. The maximum Gasteiger partial charge on any atom is 0.368 e. The lowest BCUT2D eigenvalue weighted by molar-refractivity contribution is 0.121. The molecule has 5 nitrogen and oxygen atoms in total. The molecule has 0 N–H and O–H groups in total. The highest BCUT2D eigenvalue weighted by Gasteiger charge is 2.27. The molecule has 98 valence electrons. The van der Waals surface area contributed by atoms with Gasteiger partial charge < -0.3 is 0 Å². The van der Waals surface area contributed by atoms with Crippen LogP contribution < -0.4 is 0 Å². The lowest BCUT2D eigenvalue weighted by atomic mass is 10.1. The Bertz CT molecular complexity index is 486. The summed E-state index contributed by atoms with van der Waals surface area (Å²) >= 11 is 0. The second-order valence-corrected chi connectivity index (χ2v) is 4.83. The zero-order chi connectivity index (χ0) is 13.2. The molecule has 0 radical (unpaired) electrons. The molecule has 0 saturated carbocycles. The number of hydrogen-bond acceptors (Lipinski definition) is 4. The molecule has 17 heavy (non-hydrogen) atoms. The third-order valence-corrected chi connectivity index (χ3v) is 3.08. The van der Waals surface area contributed by atoms with Crippen molar-refractivity contribution in [1.82, 2.24) is 14.8 Å². The average Bonchev–Trinajstić information content (AvgIpc) is 2.58. The smallest absolute Gasteiger partial charge is 0.294 e. The van der Waals surface area contributed by atoms with Crippen molar-refractivity contribution in [3.63, 3.8) is 0 Å². The van der Waals surface area contributed by atoms with Crippen molar-refractivity contribution in [2.75, 3.05) is 0 Å². The first kappa shape index (κ1) is 13.9. The summed E-state index contributed by atoms with van der Waals surface area (Å²) in [5, 5.41) is 5.53. The Balaban J connectivity index is 3.30. The molecule has 0 fully saturated rings. The molecular formula is C8H12F3N3O2S. The second-order valence-electron chi connectivity index (χ2n) is 3.59. The van der Waals surface area contributed by atoms with Crippen molar-refractivity contribution in [2.45, 2.75) is 44.3 Å².